The van der Waals surface area contributed by atoms with Gasteiger partial charge in [0.1, 0.15) is 11.6 Å². The highest BCUT2D eigenvalue weighted by atomic mass is 32.1. The van der Waals surface area contributed by atoms with Crippen molar-refractivity contribution in [1.82, 2.24) is 30.2 Å². The van der Waals surface area contributed by atoms with Gasteiger partial charge in [-0.25, -0.2) is 19.9 Å². The summed E-state index contributed by atoms with van der Waals surface area (Å²) in [6, 6.07) is 3.99. The Hall–Kier alpha value is -3.17. The zero-order chi connectivity index (χ0) is 25.7. The number of thiazole rings is 1. The van der Waals surface area contributed by atoms with E-state index in [1.165, 1.54) is 36.9 Å². The maximum Gasteiger partial charge on any atom is 0.188 e. The van der Waals surface area contributed by atoms with E-state index in [1.54, 1.807) is 11.3 Å². The molecule has 0 spiro atoms. The predicted octanol–water partition coefficient (Wildman–Crippen LogP) is 6.09. The number of hydrogen-bond donors (Lipinski definition) is 3. The first-order chi connectivity index (χ1) is 18.5. The van der Waals surface area contributed by atoms with E-state index in [-0.39, 0.29) is 5.41 Å². The molecular weight excluding hydrogens is 492 g/mol. The van der Waals surface area contributed by atoms with Gasteiger partial charge in [0.25, 0.3) is 0 Å². The fourth-order valence-electron chi connectivity index (χ4n) is 5.55. The molecule has 8 nitrogen and oxygen atoms in total. The van der Waals surface area contributed by atoms with Crippen molar-refractivity contribution in [3.05, 3.63) is 47.4 Å². The van der Waals surface area contributed by atoms with Crippen molar-refractivity contribution in [1.29, 1.82) is 0 Å². The number of aromatic nitrogens is 5. The average molecular weight is 527 g/mol. The lowest BCUT2D eigenvalue weighted by molar-refractivity contribution is 0.166. The summed E-state index contributed by atoms with van der Waals surface area (Å²) in [4.78, 5) is 24.0. The first-order valence-corrected chi connectivity index (χ1v) is 14.7. The number of rotatable bonds is 8. The molecule has 5 heterocycles. The number of anilines is 3. The summed E-state index contributed by atoms with van der Waals surface area (Å²) in [5, 5.41) is 14.9. The minimum absolute atomic E-state index is 0.235. The van der Waals surface area contributed by atoms with Crippen molar-refractivity contribution in [3.63, 3.8) is 0 Å². The first kappa shape index (κ1) is 23.9. The molecule has 1 saturated heterocycles. The minimum atomic E-state index is 0.235. The van der Waals surface area contributed by atoms with Gasteiger partial charge in [-0.1, -0.05) is 13.8 Å². The van der Waals surface area contributed by atoms with E-state index in [2.05, 4.69) is 45.1 Å². The summed E-state index contributed by atoms with van der Waals surface area (Å²) in [6.45, 7) is 7.71. The first-order valence-electron chi connectivity index (χ1n) is 13.8. The van der Waals surface area contributed by atoms with Crippen molar-refractivity contribution in [2.45, 2.75) is 57.8 Å². The van der Waals surface area contributed by atoms with E-state index >= 15 is 0 Å². The molecule has 2 aliphatic carbocycles. The monoisotopic (exact) mass is 526 g/mol. The van der Waals surface area contributed by atoms with Crippen molar-refractivity contribution in [3.8, 4) is 11.4 Å². The molecular formula is C29H34N8S. The van der Waals surface area contributed by atoms with E-state index < -0.39 is 0 Å². The third-order valence-electron chi connectivity index (χ3n) is 8.30. The Morgan fingerprint density at radius 1 is 1.05 bits per heavy atom. The summed E-state index contributed by atoms with van der Waals surface area (Å²) < 4.78 is 0. The Morgan fingerprint density at radius 2 is 1.92 bits per heavy atom. The molecule has 9 heteroatoms. The quantitative estimate of drug-likeness (QED) is 0.254. The molecule has 0 amide bonds. The van der Waals surface area contributed by atoms with E-state index in [1.807, 2.05) is 30.7 Å². The van der Waals surface area contributed by atoms with Gasteiger partial charge < -0.3 is 16.0 Å². The molecule has 38 heavy (non-hydrogen) atoms. The fraction of sp³-hybridized carbons (Fsp3) is 0.483. The predicted molar refractivity (Wildman–Crippen MR) is 153 cm³/mol. The summed E-state index contributed by atoms with van der Waals surface area (Å²) in [5.41, 5.74) is 4.52. The smallest absolute Gasteiger partial charge is 0.188 e. The van der Waals surface area contributed by atoms with Crippen molar-refractivity contribution in [2.24, 2.45) is 11.3 Å². The molecule has 7 rings (SSSR count). The molecule has 3 aliphatic rings. The van der Waals surface area contributed by atoms with Gasteiger partial charge in [-0.2, -0.15) is 0 Å². The fourth-order valence-corrected chi connectivity index (χ4v) is 6.35. The standard InChI is InChI=1S/C29H34N8S/c1-29(2)16-30-9-8-20(29)12-33-27-25-21(17-3-4-17)13-31-14-22(25)34-26(37-27)19-7-10-32-24(11-19)36-28-35-23(15-38-28)18-5-6-18/h7,10-11,13-15,17-18,20,30H,3-6,8-9,12,16H2,1-2H3,(H,32,35,36)(H,33,34,37). The molecule has 2 saturated carbocycles. The molecule has 4 aromatic heterocycles. The Labute approximate surface area is 227 Å². The van der Waals surface area contributed by atoms with Crippen LogP contribution in [0.5, 0.6) is 0 Å². The summed E-state index contributed by atoms with van der Waals surface area (Å²) in [6.07, 6.45) is 11.8. The lowest BCUT2D eigenvalue weighted by atomic mass is 9.74. The second-order valence-corrected chi connectivity index (χ2v) is 12.6. The molecule has 1 unspecified atom stereocenters. The molecule has 0 radical (unpaired) electrons. The number of nitrogens with one attached hydrogen (secondary N) is 3. The van der Waals surface area contributed by atoms with Crippen LogP contribution in [0, 0.1) is 11.3 Å². The molecule has 0 bridgehead atoms. The Kier molecular flexibility index (Phi) is 6.00. The van der Waals surface area contributed by atoms with Crippen molar-refractivity contribution in [2.75, 3.05) is 30.3 Å². The average Bonchev–Trinajstić information content (AvgIpc) is 3.86. The molecule has 4 aromatic rings. The Balaban J connectivity index is 1.22. The lowest BCUT2D eigenvalue weighted by Gasteiger charge is -2.39. The minimum Gasteiger partial charge on any atom is -0.369 e. The van der Waals surface area contributed by atoms with Gasteiger partial charge in [-0.15, -0.1) is 11.3 Å². The molecule has 3 fully saturated rings. The highest BCUT2D eigenvalue weighted by Gasteiger charge is 2.33. The Bertz CT molecular complexity index is 1470. The van der Waals surface area contributed by atoms with E-state index in [9.17, 15) is 0 Å². The number of piperidine rings is 1. The van der Waals surface area contributed by atoms with Gasteiger partial charge in [-0.05, 0) is 73.6 Å². The number of nitrogens with zero attached hydrogens (tertiary/aromatic N) is 5. The van der Waals surface area contributed by atoms with Crippen LogP contribution in [0.4, 0.5) is 16.8 Å². The maximum absolute atomic E-state index is 5.12. The summed E-state index contributed by atoms with van der Waals surface area (Å²) >= 11 is 1.63. The van der Waals surface area contributed by atoms with Crippen LogP contribution in [0.2, 0.25) is 0 Å². The van der Waals surface area contributed by atoms with Crippen LogP contribution < -0.4 is 16.0 Å². The molecule has 196 valence electrons. The second-order valence-electron chi connectivity index (χ2n) is 11.7. The van der Waals surface area contributed by atoms with Gasteiger partial charge in [0.2, 0.25) is 0 Å². The molecule has 3 N–H and O–H groups in total. The van der Waals surface area contributed by atoms with Crippen LogP contribution in [0.25, 0.3) is 22.3 Å². The maximum atomic E-state index is 5.12. The van der Waals surface area contributed by atoms with Crippen molar-refractivity contribution < 1.29 is 0 Å². The normalized spacial score (nSPS) is 20.9. The van der Waals surface area contributed by atoms with E-state index in [0.29, 0.717) is 23.6 Å². The van der Waals surface area contributed by atoms with Crippen molar-refractivity contribution >= 4 is 39.0 Å². The topological polar surface area (TPSA) is 101 Å². The van der Waals surface area contributed by atoms with Crippen LogP contribution in [-0.4, -0.2) is 44.6 Å². The molecule has 1 atom stereocenters. The highest BCUT2D eigenvalue weighted by molar-refractivity contribution is 7.13. The lowest BCUT2D eigenvalue weighted by Crippen LogP contribution is -2.45. The SMILES string of the molecule is CC1(C)CNCCC1CNc1nc(-c2ccnc(Nc3nc(C4CC4)cs3)c2)nc2cncc(C3CC3)c12. The summed E-state index contributed by atoms with van der Waals surface area (Å²) in [5.74, 6) is 4.12. The largest absolute Gasteiger partial charge is 0.369 e. The van der Waals surface area contributed by atoms with Crippen LogP contribution >= 0.6 is 11.3 Å². The molecule has 0 aromatic carbocycles. The third kappa shape index (κ3) is 4.85. The zero-order valence-electron chi connectivity index (χ0n) is 22.0. The number of pyridine rings is 2. The summed E-state index contributed by atoms with van der Waals surface area (Å²) in [7, 11) is 0. The van der Waals surface area contributed by atoms with Gasteiger partial charge in [-0.3, -0.25) is 4.98 Å². The van der Waals surface area contributed by atoms with Gasteiger partial charge in [0.15, 0.2) is 11.0 Å². The zero-order valence-corrected chi connectivity index (χ0v) is 22.8. The van der Waals surface area contributed by atoms with Gasteiger partial charge >= 0.3 is 0 Å². The van der Waals surface area contributed by atoms with Gasteiger partial charge in [0, 0.05) is 47.7 Å². The Morgan fingerprint density at radius 3 is 2.74 bits per heavy atom. The number of hydrogen-bond acceptors (Lipinski definition) is 9. The molecule has 1 aliphatic heterocycles. The van der Waals surface area contributed by atoms with Crippen LogP contribution in [0.3, 0.4) is 0 Å². The third-order valence-corrected chi connectivity index (χ3v) is 9.07. The van der Waals surface area contributed by atoms with Gasteiger partial charge in [0.05, 0.1) is 17.4 Å². The second kappa shape index (κ2) is 9.54. The van der Waals surface area contributed by atoms with E-state index in [0.717, 1.165) is 59.3 Å². The van der Waals surface area contributed by atoms with Crippen LogP contribution in [0.15, 0.2) is 36.1 Å². The highest BCUT2D eigenvalue weighted by Crippen LogP contribution is 2.45. The van der Waals surface area contributed by atoms with E-state index in [4.69, 9.17) is 15.0 Å². The number of fused-ring (bicyclic) bond motifs is 1. The van der Waals surface area contributed by atoms with Crippen LogP contribution in [-0.2, 0) is 0 Å². The van der Waals surface area contributed by atoms with Crippen LogP contribution in [0.1, 0.15) is 69.0 Å².